The number of fused-ring (bicyclic) bond motifs is 1. The Morgan fingerprint density at radius 2 is 2.08 bits per heavy atom. The van der Waals surface area contributed by atoms with Gasteiger partial charge in [-0.05, 0) is 65.6 Å². The summed E-state index contributed by atoms with van der Waals surface area (Å²) in [5.41, 5.74) is 3.02. The number of thioether (sulfide) groups is 1. The lowest BCUT2D eigenvalue weighted by Crippen LogP contribution is -2.18. The topological polar surface area (TPSA) is 34.4 Å². The zero-order valence-corrected chi connectivity index (χ0v) is 17.2. The Kier molecular flexibility index (Phi) is 5.78. The standard InChI is InChI=1S/C18H17IN2OS2/c1-12-7-8-15-16(11-12)24-18(21(15)9-10-23-2)20-17(22)13-5-3-4-6-14(13)19/h3-8,11H,9-10H2,1-2H3. The van der Waals surface area contributed by atoms with Gasteiger partial charge in [-0.3, -0.25) is 4.79 Å². The van der Waals surface area contributed by atoms with Crippen molar-refractivity contribution in [1.82, 2.24) is 4.57 Å². The molecular weight excluding hydrogens is 451 g/mol. The van der Waals surface area contributed by atoms with E-state index >= 15 is 0 Å². The number of aromatic nitrogens is 1. The largest absolute Gasteiger partial charge is 0.316 e. The molecular formula is C18H17IN2OS2. The average molecular weight is 468 g/mol. The molecule has 0 bridgehead atoms. The molecule has 0 saturated carbocycles. The minimum atomic E-state index is -0.179. The third kappa shape index (κ3) is 3.75. The first-order valence-corrected chi connectivity index (χ1v) is 10.8. The molecule has 1 heterocycles. The van der Waals surface area contributed by atoms with Crippen molar-refractivity contribution in [2.75, 3.05) is 12.0 Å². The molecule has 2 aromatic carbocycles. The number of rotatable bonds is 4. The molecule has 0 unspecified atom stereocenters. The van der Waals surface area contributed by atoms with E-state index in [4.69, 9.17) is 0 Å². The number of amides is 1. The molecule has 0 radical (unpaired) electrons. The van der Waals surface area contributed by atoms with Crippen LogP contribution >= 0.6 is 45.7 Å². The monoisotopic (exact) mass is 468 g/mol. The van der Waals surface area contributed by atoms with Gasteiger partial charge in [0.25, 0.3) is 5.91 Å². The van der Waals surface area contributed by atoms with Crippen LogP contribution in [0.25, 0.3) is 10.2 Å². The molecule has 0 atom stereocenters. The van der Waals surface area contributed by atoms with E-state index in [9.17, 15) is 4.79 Å². The van der Waals surface area contributed by atoms with Crippen molar-refractivity contribution in [2.45, 2.75) is 13.5 Å². The molecule has 0 spiro atoms. The fourth-order valence-corrected chi connectivity index (χ4v) is 4.58. The summed E-state index contributed by atoms with van der Waals surface area (Å²) >= 11 is 5.56. The minimum Gasteiger partial charge on any atom is -0.316 e. The van der Waals surface area contributed by atoms with Crippen LogP contribution in [0.1, 0.15) is 15.9 Å². The smallest absolute Gasteiger partial charge is 0.280 e. The fourth-order valence-electron chi connectivity index (χ4n) is 2.45. The molecule has 0 N–H and O–H groups in total. The van der Waals surface area contributed by atoms with E-state index < -0.39 is 0 Å². The van der Waals surface area contributed by atoms with E-state index in [1.54, 1.807) is 23.1 Å². The van der Waals surface area contributed by atoms with E-state index in [1.807, 2.05) is 24.3 Å². The number of aryl methyl sites for hydroxylation is 2. The van der Waals surface area contributed by atoms with Crippen molar-refractivity contribution in [3.8, 4) is 0 Å². The second-order valence-corrected chi connectivity index (χ2v) is 8.55. The lowest BCUT2D eigenvalue weighted by Gasteiger charge is -2.04. The Morgan fingerprint density at radius 3 is 2.83 bits per heavy atom. The van der Waals surface area contributed by atoms with Gasteiger partial charge in [0.15, 0.2) is 4.80 Å². The summed E-state index contributed by atoms with van der Waals surface area (Å²) in [6, 6.07) is 14.0. The van der Waals surface area contributed by atoms with Crippen molar-refractivity contribution in [1.29, 1.82) is 0 Å². The number of halogens is 1. The number of thiazole rings is 1. The van der Waals surface area contributed by atoms with Crippen LogP contribution in [0.2, 0.25) is 0 Å². The fraction of sp³-hybridized carbons (Fsp3) is 0.222. The van der Waals surface area contributed by atoms with Gasteiger partial charge in [0.1, 0.15) is 0 Å². The van der Waals surface area contributed by atoms with Crippen molar-refractivity contribution < 1.29 is 4.79 Å². The maximum Gasteiger partial charge on any atom is 0.280 e. The highest BCUT2D eigenvalue weighted by Crippen LogP contribution is 2.20. The molecule has 1 aromatic heterocycles. The zero-order valence-electron chi connectivity index (χ0n) is 13.5. The summed E-state index contributed by atoms with van der Waals surface area (Å²) in [6.07, 6.45) is 2.09. The van der Waals surface area contributed by atoms with Crippen molar-refractivity contribution in [3.63, 3.8) is 0 Å². The molecule has 6 heteroatoms. The SMILES string of the molecule is CSCCn1c(=NC(=O)c2ccccc2I)sc2cc(C)ccc21. The quantitative estimate of drug-likeness (QED) is 0.520. The summed E-state index contributed by atoms with van der Waals surface area (Å²) in [4.78, 5) is 17.8. The first-order valence-electron chi connectivity index (χ1n) is 7.52. The van der Waals surface area contributed by atoms with E-state index in [2.05, 4.69) is 63.5 Å². The van der Waals surface area contributed by atoms with Gasteiger partial charge in [0, 0.05) is 15.9 Å². The molecule has 3 aromatic rings. The van der Waals surface area contributed by atoms with E-state index in [0.29, 0.717) is 5.56 Å². The van der Waals surface area contributed by atoms with Crippen LogP contribution in [-0.4, -0.2) is 22.5 Å². The van der Waals surface area contributed by atoms with Gasteiger partial charge in [-0.1, -0.05) is 29.5 Å². The van der Waals surface area contributed by atoms with Gasteiger partial charge >= 0.3 is 0 Å². The van der Waals surface area contributed by atoms with Gasteiger partial charge in [-0.2, -0.15) is 16.8 Å². The van der Waals surface area contributed by atoms with Crippen LogP contribution in [0.3, 0.4) is 0 Å². The molecule has 0 fully saturated rings. The summed E-state index contributed by atoms with van der Waals surface area (Å²) in [6.45, 7) is 2.93. The predicted octanol–water partition coefficient (Wildman–Crippen LogP) is 4.72. The lowest BCUT2D eigenvalue weighted by atomic mass is 10.2. The first kappa shape index (κ1) is 17.7. The Bertz CT molecular complexity index is 959. The van der Waals surface area contributed by atoms with Crippen molar-refractivity contribution in [2.24, 2.45) is 4.99 Å². The van der Waals surface area contributed by atoms with E-state index in [0.717, 1.165) is 26.2 Å². The summed E-state index contributed by atoms with van der Waals surface area (Å²) < 4.78 is 4.26. The lowest BCUT2D eigenvalue weighted by molar-refractivity contribution is 0.0997. The Balaban J connectivity index is 2.13. The molecule has 0 aliphatic rings. The Morgan fingerprint density at radius 1 is 1.29 bits per heavy atom. The van der Waals surface area contributed by atoms with Gasteiger partial charge in [-0.15, -0.1) is 0 Å². The first-order chi connectivity index (χ1) is 11.6. The predicted molar refractivity (Wildman–Crippen MR) is 112 cm³/mol. The van der Waals surface area contributed by atoms with Gasteiger partial charge in [0.2, 0.25) is 0 Å². The molecule has 3 rings (SSSR count). The van der Waals surface area contributed by atoms with Crippen molar-refractivity contribution >= 4 is 61.8 Å². The second kappa shape index (κ2) is 7.84. The number of hydrogen-bond donors (Lipinski definition) is 0. The normalized spacial score (nSPS) is 12.0. The van der Waals surface area contributed by atoms with E-state index in [-0.39, 0.29) is 5.91 Å². The molecule has 24 heavy (non-hydrogen) atoms. The summed E-state index contributed by atoms with van der Waals surface area (Å²) in [5, 5.41) is 0. The maximum atomic E-state index is 12.6. The van der Waals surface area contributed by atoms with Gasteiger partial charge in [-0.25, -0.2) is 0 Å². The highest BCUT2D eigenvalue weighted by molar-refractivity contribution is 14.1. The number of benzene rings is 2. The number of carbonyl (C=O) groups excluding carboxylic acids is 1. The Hall–Kier alpha value is -1.12. The highest BCUT2D eigenvalue weighted by atomic mass is 127. The van der Waals surface area contributed by atoms with Crippen LogP contribution in [-0.2, 0) is 6.54 Å². The van der Waals surface area contributed by atoms with Crippen LogP contribution < -0.4 is 4.80 Å². The van der Waals surface area contributed by atoms with Crippen molar-refractivity contribution in [3.05, 3.63) is 62.0 Å². The third-order valence-electron chi connectivity index (χ3n) is 3.66. The molecule has 0 aliphatic carbocycles. The van der Waals surface area contributed by atoms with Crippen LogP contribution in [0, 0.1) is 10.5 Å². The summed E-state index contributed by atoms with van der Waals surface area (Å²) in [5.74, 6) is 0.811. The molecule has 3 nitrogen and oxygen atoms in total. The van der Waals surface area contributed by atoms with Crippen LogP contribution in [0.5, 0.6) is 0 Å². The molecule has 124 valence electrons. The minimum absolute atomic E-state index is 0.179. The maximum absolute atomic E-state index is 12.6. The van der Waals surface area contributed by atoms with E-state index in [1.165, 1.54) is 10.3 Å². The Labute approximate surface area is 163 Å². The second-order valence-electron chi connectivity index (χ2n) is 5.40. The van der Waals surface area contributed by atoms with Crippen LogP contribution in [0.15, 0.2) is 47.5 Å². The number of carbonyl (C=O) groups is 1. The summed E-state index contributed by atoms with van der Waals surface area (Å²) in [7, 11) is 0. The highest BCUT2D eigenvalue weighted by Gasteiger charge is 2.11. The third-order valence-corrected chi connectivity index (χ3v) is 6.23. The average Bonchev–Trinajstić information content (AvgIpc) is 2.89. The number of nitrogens with zero attached hydrogens (tertiary/aromatic N) is 2. The number of hydrogen-bond acceptors (Lipinski definition) is 3. The van der Waals surface area contributed by atoms with Crippen LogP contribution in [0.4, 0.5) is 0 Å². The van der Waals surface area contributed by atoms with Gasteiger partial charge < -0.3 is 4.57 Å². The molecule has 0 aliphatic heterocycles. The molecule has 1 amide bonds. The molecule has 0 saturated heterocycles. The zero-order chi connectivity index (χ0) is 17.1. The van der Waals surface area contributed by atoms with Gasteiger partial charge in [0.05, 0.1) is 15.8 Å².